The standard InChI is InChI=1S/C17H23N3S/c1-19-9-4-5-13-12-20(10-8-15(13)19)16-6-3-7-17(21-2)14(16)11-18/h3,6-7,13,15H,4-5,8-10,12H2,1-2H3. The molecule has 0 amide bonds. The van der Waals surface area contributed by atoms with Gasteiger partial charge in [-0.2, -0.15) is 5.26 Å². The van der Waals surface area contributed by atoms with Gasteiger partial charge in [0.2, 0.25) is 0 Å². The Bertz CT molecular complexity index is 551. The molecule has 112 valence electrons. The summed E-state index contributed by atoms with van der Waals surface area (Å²) < 4.78 is 0. The molecule has 4 heteroatoms. The van der Waals surface area contributed by atoms with Crippen LogP contribution < -0.4 is 4.90 Å². The van der Waals surface area contributed by atoms with E-state index in [1.807, 2.05) is 12.3 Å². The van der Waals surface area contributed by atoms with E-state index in [0.717, 1.165) is 41.2 Å². The summed E-state index contributed by atoms with van der Waals surface area (Å²) in [6.07, 6.45) is 5.90. The second-order valence-corrected chi connectivity index (χ2v) is 7.00. The molecule has 2 atom stereocenters. The first kappa shape index (κ1) is 14.7. The van der Waals surface area contributed by atoms with Gasteiger partial charge < -0.3 is 9.80 Å². The van der Waals surface area contributed by atoms with Gasteiger partial charge >= 0.3 is 0 Å². The van der Waals surface area contributed by atoms with Crippen LogP contribution in [0.1, 0.15) is 24.8 Å². The number of hydrogen-bond acceptors (Lipinski definition) is 4. The minimum atomic E-state index is 0.740. The Kier molecular flexibility index (Phi) is 4.42. The molecule has 0 radical (unpaired) electrons. The Hall–Kier alpha value is -1.18. The molecule has 1 aromatic carbocycles. The van der Waals surface area contributed by atoms with Crippen molar-refractivity contribution in [2.75, 3.05) is 37.8 Å². The number of piperidine rings is 2. The summed E-state index contributed by atoms with van der Waals surface area (Å²) >= 11 is 1.66. The fourth-order valence-electron chi connectivity index (χ4n) is 3.94. The van der Waals surface area contributed by atoms with E-state index >= 15 is 0 Å². The highest BCUT2D eigenvalue weighted by atomic mass is 32.2. The largest absolute Gasteiger partial charge is 0.370 e. The van der Waals surface area contributed by atoms with Gasteiger partial charge in [0.1, 0.15) is 6.07 Å². The maximum absolute atomic E-state index is 9.54. The average molecular weight is 301 g/mol. The summed E-state index contributed by atoms with van der Waals surface area (Å²) in [5.41, 5.74) is 1.99. The monoisotopic (exact) mass is 301 g/mol. The van der Waals surface area contributed by atoms with E-state index < -0.39 is 0 Å². The molecule has 2 heterocycles. The zero-order valence-electron chi connectivity index (χ0n) is 12.9. The van der Waals surface area contributed by atoms with Gasteiger partial charge in [-0.05, 0) is 57.2 Å². The van der Waals surface area contributed by atoms with Crippen molar-refractivity contribution in [1.29, 1.82) is 5.26 Å². The highest BCUT2D eigenvalue weighted by molar-refractivity contribution is 7.98. The van der Waals surface area contributed by atoms with Gasteiger partial charge in [0.25, 0.3) is 0 Å². The lowest BCUT2D eigenvalue weighted by Crippen LogP contribution is -2.52. The van der Waals surface area contributed by atoms with Crippen molar-refractivity contribution in [2.24, 2.45) is 5.92 Å². The second-order valence-electron chi connectivity index (χ2n) is 6.15. The summed E-state index contributed by atoms with van der Waals surface area (Å²) in [5.74, 6) is 0.752. The first-order valence-corrected chi connectivity index (χ1v) is 8.99. The zero-order valence-corrected chi connectivity index (χ0v) is 13.7. The van der Waals surface area contributed by atoms with E-state index in [1.54, 1.807) is 11.8 Å². The second kappa shape index (κ2) is 6.29. The Morgan fingerprint density at radius 3 is 2.90 bits per heavy atom. The fraction of sp³-hybridized carbons (Fsp3) is 0.588. The molecule has 3 rings (SSSR count). The van der Waals surface area contributed by atoms with Crippen LogP contribution in [0.3, 0.4) is 0 Å². The first-order chi connectivity index (χ1) is 10.2. The minimum Gasteiger partial charge on any atom is -0.370 e. The molecule has 0 saturated carbocycles. The van der Waals surface area contributed by atoms with Crippen LogP contribution in [0.2, 0.25) is 0 Å². The predicted molar refractivity (Wildman–Crippen MR) is 88.9 cm³/mol. The van der Waals surface area contributed by atoms with Gasteiger partial charge in [0.05, 0.1) is 11.3 Å². The van der Waals surface area contributed by atoms with Crippen LogP contribution in [0.15, 0.2) is 23.1 Å². The number of fused-ring (bicyclic) bond motifs is 1. The van der Waals surface area contributed by atoms with Gasteiger partial charge in [-0.25, -0.2) is 0 Å². The van der Waals surface area contributed by atoms with Gasteiger partial charge in [0.15, 0.2) is 0 Å². The molecular weight excluding hydrogens is 278 g/mol. The molecule has 0 bridgehead atoms. The first-order valence-electron chi connectivity index (χ1n) is 7.77. The molecule has 0 aliphatic carbocycles. The lowest BCUT2D eigenvalue weighted by molar-refractivity contribution is 0.102. The molecule has 0 spiro atoms. The van der Waals surface area contributed by atoms with Crippen molar-refractivity contribution in [3.63, 3.8) is 0 Å². The Labute approximate surface area is 131 Å². The van der Waals surface area contributed by atoms with E-state index in [2.05, 4.69) is 35.0 Å². The highest BCUT2D eigenvalue weighted by Crippen LogP contribution is 2.35. The van der Waals surface area contributed by atoms with Gasteiger partial charge in [0, 0.05) is 24.0 Å². The van der Waals surface area contributed by atoms with Crippen LogP contribution in [0.5, 0.6) is 0 Å². The fourth-order valence-corrected chi connectivity index (χ4v) is 4.51. The van der Waals surface area contributed by atoms with Crippen LogP contribution in [0, 0.1) is 17.2 Å². The topological polar surface area (TPSA) is 30.3 Å². The van der Waals surface area contributed by atoms with E-state index in [1.165, 1.54) is 25.8 Å². The Morgan fingerprint density at radius 1 is 1.29 bits per heavy atom. The number of benzene rings is 1. The van der Waals surface area contributed by atoms with Crippen molar-refractivity contribution in [1.82, 2.24) is 4.90 Å². The van der Waals surface area contributed by atoms with E-state index in [-0.39, 0.29) is 0 Å². The van der Waals surface area contributed by atoms with Gasteiger partial charge in [-0.3, -0.25) is 0 Å². The number of rotatable bonds is 2. The number of likely N-dealkylation sites (tertiary alicyclic amines) is 1. The third-order valence-corrected chi connectivity index (χ3v) is 5.80. The predicted octanol–water partition coefficient (Wildman–Crippen LogP) is 3.20. The lowest BCUT2D eigenvalue weighted by Gasteiger charge is -2.46. The average Bonchev–Trinajstić information content (AvgIpc) is 2.53. The molecule has 1 aromatic rings. The lowest BCUT2D eigenvalue weighted by atomic mass is 9.84. The van der Waals surface area contributed by atoms with Crippen LogP contribution >= 0.6 is 11.8 Å². The van der Waals surface area contributed by atoms with Crippen molar-refractivity contribution < 1.29 is 0 Å². The van der Waals surface area contributed by atoms with E-state index in [9.17, 15) is 5.26 Å². The van der Waals surface area contributed by atoms with Crippen LogP contribution in [0.4, 0.5) is 5.69 Å². The number of nitriles is 1. The van der Waals surface area contributed by atoms with Crippen molar-refractivity contribution in [3.8, 4) is 6.07 Å². The molecule has 2 unspecified atom stereocenters. The van der Waals surface area contributed by atoms with Crippen molar-refractivity contribution in [3.05, 3.63) is 23.8 Å². The van der Waals surface area contributed by atoms with Crippen LogP contribution in [0.25, 0.3) is 0 Å². The third-order valence-electron chi connectivity index (χ3n) is 5.02. The summed E-state index contributed by atoms with van der Waals surface area (Å²) in [7, 11) is 2.27. The third kappa shape index (κ3) is 2.77. The molecule has 3 nitrogen and oxygen atoms in total. The Morgan fingerprint density at radius 2 is 2.14 bits per heavy atom. The summed E-state index contributed by atoms with van der Waals surface area (Å²) in [6, 6.07) is 9.41. The number of thioether (sulfide) groups is 1. The highest BCUT2D eigenvalue weighted by Gasteiger charge is 2.34. The van der Waals surface area contributed by atoms with Gasteiger partial charge in [-0.1, -0.05) is 6.07 Å². The maximum atomic E-state index is 9.54. The SMILES string of the molecule is CSc1cccc(N2CCC3C(CCCN3C)C2)c1C#N. The molecule has 0 N–H and O–H groups in total. The van der Waals surface area contributed by atoms with E-state index in [4.69, 9.17) is 0 Å². The summed E-state index contributed by atoms with van der Waals surface area (Å²) in [4.78, 5) is 6.08. The quantitative estimate of drug-likeness (QED) is 0.785. The van der Waals surface area contributed by atoms with Crippen LogP contribution in [-0.4, -0.2) is 43.9 Å². The maximum Gasteiger partial charge on any atom is 0.103 e. The molecule has 2 aliphatic heterocycles. The number of hydrogen-bond donors (Lipinski definition) is 0. The van der Waals surface area contributed by atoms with Crippen molar-refractivity contribution >= 4 is 17.4 Å². The molecule has 2 aliphatic rings. The molecular formula is C17H23N3S. The summed E-state index contributed by atoms with van der Waals surface area (Å²) in [5, 5.41) is 9.54. The molecule has 0 aromatic heterocycles. The number of nitrogens with zero attached hydrogens (tertiary/aromatic N) is 3. The molecule has 21 heavy (non-hydrogen) atoms. The van der Waals surface area contributed by atoms with E-state index in [0.29, 0.717) is 0 Å². The minimum absolute atomic E-state index is 0.740. The van der Waals surface area contributed by atoms with Crippen LogP contribution in [-0.2, 0) is 0 Å². The zero-order chi connectivity index (χ0) is 14.8. The normalized spacial score (nSPS) is 26.2. The smallest absolute Gasteiger partial charge is 0.103 e. The molecule has 2 saturated heterocycles. The van der Waals surface area contributed by atoms with Gasteiger partial charge in [-0.15, -0.1) is 11.8 Å². The summed E-state index contributed by atoms with van der Waals surface area (Å²) in [6.45, 7) is 3.41. The van der Waals surface area contributed by atoms with Crippen molar-refractivity contribution in [2.45, 2.75) is 30.2 Å². The Balaban J connectivity index is 1.84. The molecule has 2 fully saturated rings. The number of anilines is 1.